The van der Waals surface area contributed by atoms with Gasteiger partial charge in [0.2, 0.25) is 0 Å². The van der Waals surface area contributed by atoms with Gasteiger partial charge in [-0.15, -0.1) is 0 Å². The highest BCUT2D eigenvalue weighted by Crippen LogP contribution is 2.37. The van der Waals surface area contributed by atoms with E-state index in [1.54, 1.807) is 0 Å². The maximum Gasteiger partial charge on any atom is 0.192 e. The lowest BCUT2D eigenvalue weighted by Crippen LogP contribution is -2.40. The molecular formula is C13H20F2OSi. The molecule has 0 atom stereocenters. The van der Waals surface area contributed by atoms with Crippen molar-refractivity contribution in [3.63, 3.8) is 0 Å². The van der Waals surface area contributed by atoms with Gasteiger partial charge in [0.25, 0.3) is 0 Å². The molecule has 1 rings (SSSR count). The van der Waals surface area contributed by atoms with E-state index in [2.05, 4.69) is 33.9 Å². The predicted molar refractivity (Wildman–Crippen MR) is 68.3 cm³/mol. The summed E-state index contributed by atoms with van der Waals surface area (Å²) < 4.78 is 32.2. The van der Waals surface area contributed by atoms with E-state index in [0.717, 1.165) is 12.1 Å². The molecule has 0 aliphatic rings. The van der Waals surface area contributed by atoms with Gasteiger partial charge in [0.05, 0.1) is 6.61 Å². The van der Waals surface area contributed by atoms with Gasteiger partial charge in [0, 0.05) is 5.56 Å². The maximum atomic E-state index is 13.4. The van der Waals surface area contributed by atoms with Crippen LogP contribution in [-0.4, -0.2) is 8.32 Å². The molecule has 0 radical (unpaired) electrons. The van der Waals surface area contributed by atoms with E-state index in [1.807, 2.05) is 0 Å². The molecule has 0 saturated heterocycles. The Balaban J connectivity index is 2.77. The van der Waals surface area contributed by atoms with Gasteiger partial charge in [-0.25, -0.2) is 8.78 Å². The number of benzene rings is 1. The normalized spacial score (nSPS) is 12.9. The summed E-state index contributed by atoms with van der Waals surface area (Å²) in [4.78, 5) is 0. The van der Waals surface area contributed by atoms with Gasteiger partial charge in [0.15, 0.2) is 8.32 Å². The lowest BCUT2D eigenvalue weighted by atomic mass is 10.2. The van der Waals surface area contributed by atoms with Crippen molar-refractivity contribution in [2.45, 2.75) is 45.5 Å². The van der Waals surface area contributed by atoms with E-state index >= 15 is 0 Å². The van der Waals surface area contributed by atoms with Crippen LogP contribution in [0.15, 0.2) is 18.2 Å². The van der Waals surface area contributed by atoms with Crippen molar-refractivity contribution in [2.24, 2.45) is 0 Å². The lowest BCUT2D eigenvalue weighted by Gasteiger charge is -2.36. The van der Waals surface area contributed by atoms with Crippen molar-refractivity contribution >= 4 is 8.32 Å². The van der Waals surface area contributed by atoms with Gasteiger partial charge in [0.1, 0.15) is 11.6 Å². The highest BCUT2D eigenvalue weighted by atomic mass is 28.4. The van der Waals surface area contributed by atoms with Crippen LogP contribution >= 0.6 is 0 Å². The molecule has 0 unspecified atom stereocenters. The number of hydrogen-bond donors (Lipinski definition) is 0. The van der Waals surface area contributed by atoms with E-state index in [9.17, 15) is 8.78 Å². The minimum Gasteiger partial charge on any atom is -0.412 e. The average molecular weight is 258 g/mol. The summed E-state index contributed by atoms with van der Waals surface area (Å²) in [6.45, 7) is 10.7. The Kier molecular flexibility index (Phi) is 4.09. The Morgan fingerprint density at radius 3 is 2.29 bits per heavy atom. The molecule has 0 spiro atoms. The summed E-state index contributed by atoms with van der Waals surface area (Å²) in [5.41, 5.74) is 0.287. The van der Waals surface area contributed by atoms with Gasteiger partial charge in [-0.1, -0.05) is 20.8 Å². The second-order valence-electron chi connectivity index (χ2n) is 5.78. The second-order valence-corrected chi connectivity index (χ2v) is 10.6. The first-order valence-corrected chi connectivity index (χ1v) is 8.62. The van der Waals surface area contributed by atoms with Crippen LogP contribution in [0.1, 0.15) is 26.3 Å². The van der Waals surface area contributed by atoms with Crippen LogP contribution in [-0.2, 0) is 11.0 Å². The fraction of sp³-hybridized carbons (Fsp3) is 0.538. The van der Waals surface area contributed by atoms with Gasteiger partial charge < -0.3 is 4.43 Å². The molecule has 0 amide bonds. The van der Waals surface area contributed by atoms with Crippen LogP contribution in [0.5, 0.6) is 0 Å². The van der Waals surface area contributed by atoms with E-state index in [-0.39, 0.29) is 17.2 Å². The smallest absolute Gasteiger partial charge is 0.192 e. The molecule has 0 fully saturated rings. The van der Waals surface area contributed by atoms with Crippen molar-refractivity contribution < 1.29 is 13.2 Å². The fourth-order valence-electron chi connectivity index (χ4n) is 1.13. The Bertz CT molecular complexity index is 397. The third-order valence-corrected chi connectivity index (χ3v) is 7.88. The first-order valence-electron chi connectivity index (χ1n) is 5.71. The minimum absolute atomic E-state index is 0.0663. The standard InChI is InChI=1S/C13H20F2OSi/c1-13(2,3)17(4,5)16-9-10-8-11(14)6-7-12(10)15/h6-8H,9H2,1-5H3. The third kappa shape index (κ3) is 3.61. The average Bonchev–Trinajstić information content (AvgIpc) is 2.18. The molecule has 0 heterocycles. The van der Waals surface area contributed by atoms with Gasteiger partial charge >= 0.3 is 0 Å². The zero-order valence-corrected chi connectivity index (χ0v) is 12.1. The summed E-state index contributed by atoms with van der Waals surface area (Å²) in [6, 6.07) is 3.45. The van der Waals surface area contributed by atoms with Crippen LogP contribution in [0.2, 0.25) is 18.1 Å². The molecule has 0 bridgehead atoms. The van der Waals surface area contributed by atoms with Crippen molar-refractivity contribution in [1.29, 1.82) is 0 Å². The molecule has 17 heavy (non-hydrogen) atoms. The highest BCUT2D eigenvalue weighted by molar-refractivity contribution is 6.74. The number of rotatable bonds is 3. The Morgan fingerprint density at radius 1 is 1.18 bits per heavy atom. The maximum absolute atomic E-state index is 13.4. The predicted octanol–water partition coefficient (Wildman–Crippen LogP) is 4.49. The van der Waals surface area contributed by atoms with Crippen molar-refractivity contribution in [3.8, 4) is 0 Å². The molecule has 0 aliphatic heterocycles. The summed E-state index contributed by atoms with van der Waals surface area (Å²) >= 11 is 0. The number of hydrogen-bond acceptors (Lipinski definition) is 1. The van der Waals surface area contributed by atoms with E-state index in [0.29, 0.717) is 0 Å². The molecule has 0 N–H and O–H groups in total. The Hall–Kier alpha value is -0.743. The molecule has 1 aromatic rings. The Labute approximate surface area is 103 Å². The van der Waals surface area contributed by atoms with E-state index in [1.165, 1.54) is 6.07 Å². The molecule has 4 heteroatoms. The lowest BCUT2D eigenvalue weighted by molar-refractivity contribution is 0.270. The van der Waals surface area contributed by atoms with Crippen molar-refractivity contribution in [1.82, 2.24) is 0 Å². The quantitative estimate of drug-likeness (QED) is 0.726. The van der Waals surface area contributed by atoms with Gasteiger partial charge in [-0.3, -0.25) is 0 Å². The van der Waals surface area contributed by atoms with Gasteiger partial charge in [-0.2, -0.15) is 0 Å². The molecular weight excluding hydrogens is 238 g/mol. The van der Waals surface area contributed by atoms with Crippen LogP contribution in [0, 0.1) is 11.6 Å². The van der Waals surface area contributed by atoms with E-state index < -0.39 is 20.0 Å². The largest absolute Gasteiger partial charge is 0.412 e. The SMILES string of the molecule is CC(C)(C)[Si](C)(C)OCc1cc(F)ccc1F. The van der Waals surface area contributed by atoms with Gasteiger partial charge in [-0.05, 0) is 36.3 Å². The van der Waals surface area contributed by atoms with Crippen LogP contribution in [0.25, 0.3) is 0 Å². The second kappa shape index (κ2) is 4.86. The number of halogens is 2. The Morgan fingerprint density at radius 2 is 1.76 bits per heavy atom. The first kappa shape index (κ1) is 14.3. The third-order valence-electron chi connectivity index (χ3n) is 3.40. The van der Waals surface area contributed by atoms with Crippen molar-refractivity contribution in [2.75, 3.05) is 0 Å². The van der Waals surface area contributed by atoms with E-state index in [4.69, 9.17) is 4.43 Å². The summed E-state index contributed by atoms with van der Waals surface area (Å²) in [6.07, 6.45) is 0. The summed E-state index contributed by atoms with van der Waals surface area (Å²) in [7, 11) is -1.92. The van der Waals surface area contributed by atoms with Crippen molar-refractivity contribution in [3.05, 3.63) is 35.4 Å². The molecule has 1 aromatic carbocycles. The summed E-state index contributed by atoms with van der Waals surface area (Å²) in [5, 5.41) is 0.0663. The molecule has 0 aromatic heterocycles. The van der Waals surface area contributed by atoms with Crippen LogP contribution in [0.3, 0.4) is 0 Å². The van der Waals surface area contributed by atoms with Crippen LogP contribution in [0.4, 0.5) is 8.78 Å². The molecule has 0 aliphatic carbocycles. The topological polar surface area (TPSA) is 9.23 Å². The monoisotopic (exact) mass is 258 g/mol. The zero-order chi connectivity index (χ0) is 13.3. The highest BCUT2D eigenvalue weighted by Gasteiger charge is 2.37. The molecule has 1 nitrogen and oxygen atoms in total. The minimum atomic E-state index is -1.92. The molecule has 96 valence electrons. The van der Waals surface area contributed by atoms with Crippen LogP contribution < -0.4 is 0 Å². The first-order chi connectivity index (χ1) is 7.63. The summed E-state index contributed by atoms with van der Waals surface area (Å²) in [5.74, 6) is -0.842. The fourth-order valence-corrected chi connectivity index (χ4v) is 2.08. The molecule has 0 saturated carbocycles. The zero-order valence-electron chi connectivity index (χ0n) is 11.1.